The molecule has 51 heavy (non-hydrogen) atoms. The molecule has 6 rings (SSSR count). The number of thiazole rings is 1. The van der Waals surface area contributed by atoms with Crippen molar-refractivity contribution in [1.82, 2.24) is 10.3 Å². The number of carbonyl (C=O) groups is 3. The molecule has 0 aliphatic heterocycles. The number of aromatic nitrogens is 1. The van der Waals surface area contributed by atoms with Crippen LogP contribution in [0.3, 0.4) is 0 Å². The molecule has 1 heterocycles. The van der Waals surface area contributed by atoms with Crippen molar-refractivity contribution in [3.8, 4) is 11.3 Å². The predicted octanol–water partition coefficient (Wildman–Crippen LogP) is 8.60. The van der Waals surface area contributed by atoms with Crippen LogP contribution >= 0.6 is 23.1 Å². The number of thioether (sulfide) groups is 1. The number of non-ortho nitro benzene ring substituents is 1. The highest BCUT2D eigenvalue weighted by atomic mass is 32.2. The van der Waals surface area contributed by atoms with Crippen molar-refractivity contribution < 1.29 is 19.3 Å². The second-order valence-electron chi connectivity index (χ2n) is 11.0. The Labute approximate surface area is 301 Å². The quantitative estimate of drug-likeness (QED) is 0.0499. The van der Waals surface area contributed by atoms with Crippen molar-refractivity contribution in [3.63, 3.8) is 0 Å². The van der Waals surface area contributed by atoms with Crippen molar-refractivity contribution in [3.05, 3.63) is 177 Å². The van der Waals surface area contributed by atoms with Crippen LogP contribution in [0.25, 0.3) is 17.3 Å². The number of nitro groups is 1. The van der Waals surface area contributed by atoms with Crippen LogP contribution in [0.5, 0.6) is 0 Å². The van der Waals surface area contributed by atoms with Crippen LogP contribution in [0.15, 0.2) is 155 Å². The molecule has 0 saturated heterocycles. The highest BCUT2D eigenvalue weighted by Gasteiger charge is 2.24. The van der Waals surface area contributed by atoms with E-state index in [1.165, 1.54) is 35.2 Å². The molecule has 6 aromatic rings. The molecule has 1 aromatic heterocycles. The van der Waals surface area contributed by atoms with Gasteiger partial charge in [0.25, 0.3) is 17.5 Å². The first-order chi connectivity index (χ1) is 24.8. The maximum atomic E-state index is 13.7. The van der Waals surface area contributed by atoms with Gasteiger partial charge in [0.1, 0.15) is 10.9 Å². The SMILES string of the molecule is O=C(Nc1ccc(SC(C(=O)Nc2nc(-c3cccc([N+](=O)[O-])c3)cs2)c2ccccc2)cc1)/C(=C/c1ccccc1)NC(=O)c1ccccc1. The Kier molecular flexibility index (Phi) is 11.1. The van der Waals surface area contributed by atoms with Gasteiger partial charge in [-0.1, -0.05) is 91.0 Å². The Balaban J connectivity index is 1.16. The second kappa shape index (κ2) is 16.4. The number of hydrogen-bond acceptors (Lipinski definition) is 8. The summed E-state index contributed by atoms with van der Waals surface area (Å²) in [6.45, 7) is 0. The second-order valence-corrected chi connectivity index (χ2v) is 13.0. The van der Waals surface area contributed by atoms with Crippen LogP contribution in [-0.2, 0) is 9.59 Å². The third-order valence-electron chi connectivity index (χ3n) is 7.43. The molecular formula is C39H29N5O5S2. The molecule has 0 bridgehead atoms. The largest absolute Gasteiger partial charge is 0.321 e. The van der Waals surface area contributed by atoms with Crippen molar-refractivity contribution >= 4 is 63.4 Å². The summed E-state index contributed by atoms with van der Waals surface area (Å²) in [5, 5.41) is 21.2. The fourth-order valence-electron chi connectivity index (χ4n) is 4.92. The molecule has 5 aromatic carbocycles. The smallest absolute Gasteiger partial charge is 0.272 e. The molecule has 0 spiro atoms. The van der Waals surface area contributed by atoms with Gasteiger partial charge in [-0.3, -0.25) is 24.5 Å². The molecule has 252 valence electrons. The van der Waals surface area contributed by atoms with Crippen molar-refractivity contribution in [2.24, 2.45) is 0 Å². The Morgan fingerprint density at radius 2 is 1.45 bits per heavy atom. The molecule has 10 nitrogen and oxygen atoms in total. The number of hydrogen-bond donors (Lipinski definition) is 3. The molecule has 3 N–H and O–H groups in total. The van der Waals surface area contributed by atoms with E-state index in [0.29, 0.717) is 27.6 Å². The summed E-state index contributed by atoms with van der Waals surface area (Å²) in [5.74, 6) is -1.21. The summed E-state index contributed by atoms with van der Waals surface area (Å²) >= 11 is 2.55. The molecule has 1 unspecified atom stereocenters. The maximum Gasteiger partial charge on any atom is 0.272 e. The minimum atomic E-state index is -0.648. The fraction of sp³-hybridized carbons (Fsp3) is 0.0256. The van der Waals surface area contributed by atoms with Gasteiger partial charge in [0.15, 0.2) is 5.13 Å². The first-order valence-corrected chi connectivity index (χ1v) is 17.4. The van der Waals surface area contributed by atoms with E-state index >= 15 is 0 Å². The zero-order chi connectivity index (χ0) is 35.6. The van der Waals surface area contributed by atoms with Gasteiger partial charge in [0.2, 0.25) is 5.91 Å². The lowest BCUT2D eigenvalue weighted by molar-refractivity contribution is -0.384. The Hall–Kier alpha value is -6.37. The van der Waals surface area contributed by atoms with E-state index in [2.05, 4.69) is 20.9 Å². The molecule has 0 aliphatic carbocycles. The van der Waals surface area contributed by atoms with E-state index in [4.69, 9.17) is 0 Å². The zero-order valence-electron chi connectivity index (χ0n) is 26.8. The van der Waals surface area contributed by atoms with Crippen molar-refractivity contribution in [2.45, 2.75) is 10.1 Å². The summed E-state index contributed by atoms with van der Waals surface area (Å²) in [4.78, 5) is 56.1. The Morgan fingerprint density at radius 1 is 0.784 bits per heavy atom. The summed E-state index contributed by atoms with van der Waals surface area (Å²) in [6.07, 6.45) is 1.61. The molecular weight excluding hydrogens is 683 g/mol. The van der Waals surface area contributed by atoms with Crippen LogP contribution in [0.4, 0.5) is 16.5 Å². The lowest BCUT2D eigenvalue weighted by Gasteiger charge is -2.17. The fourth-order valence-corrected chi connectivity index (χ4v) is 6.67. The summed E-state index contributed by atoms with van der Waals surface area (Å²) in [6, 6.07) is 40.4. The van der Waals surface area contributed by atoms with Gasteiger partial charge in [-0.25, -0.2) is 4.98 Å². The van der Waals surface area contributed by atoms with Gasteiger partial charge < -0.3 is 16.0 Å². The number of rotatable bonds is 12. The van der Waals surface area contributed by atoms with Crippen LogP contribution in [-0.4, -0.2) is 27.6 Å². The number of nitro benzene ring substituents is 1. The standard InChI is InChI=1S/C39H29N5O5S2/c45-36(28-15-8-3-9-16-28)41-33(23-26-11-4-1-5-12-26)37(46)40-30-19-21-32(22-20-30)51-35(27-13-6-2-7-14-27)38(47)43-39-42-34(25-50-39)29-17-10-18-31(24-29)44(48)49/h1-25,35H,(H,40,46)(H,41,45)(H,42,43,47)/b33-23-. The average Bonchev–Trinajstić information content (AvgIpc) is 3.63. The van der Waals surface area contributed by atoms with E-state index in [1.807, 2.05) is 66.7 Å². The zero-order valence-corrected chi connectivity index (χ0v) is 28.4. The molecule has 3 amide bonds. The Morgan fingerprint density at radius 3 is 2.14 bits per heavy atom. The highest BCUT2D eigenvalue weighted by molar-refractivity contribution is 8.00. The minimum Gasteiger partial charge on any atom is -0.321 e. The van der Waals surface area contributed by atoms with Crippen LogP contribution < -0.4 is 16.0 Å². The lowest BCUT2D eigenvalue weighted by Crippen LogP contribution is -2.30. The highest BCUT2D eigenvalue weighted by Crippen LogP contribution is 2.37. The molecule has 1 atom stereocenters. The number of nitrogens with zero attached hydrogens (tertiary/aromatic N) is 2. The first kappa shape index (κ1) is 34.5. The molecule has 0 fully saturated rings. The van der Waals surface area contributed by atoms with E-state index in [9.17, 15) is 24.5 Å². The number of amides is 3. The number of anilines is 2. The monoisotopic (exact) mass is 711 g/mol. The number of benzene rings is 5. The van der Waals surface area contributed by atoms with E-state index in [1.54, 1.807) is 72.1 Å². The van der Waals surface area contributed by atoms with E-state index in [0.717, 1.165) is 16.0 Å². The third kappa shape index (κ3) is 9.21. The molecule has 0 aliphatic rings. The van der Waals surface area contributed by atoms with Gasteiger partial charge in [0.05, 0.1) is 10.6 Å². The van der Waals surface area contributed by atoms with Crippen LogP contribution in [0, 0.1) is 10.1 Å². The molecule has 12 heteroatoms. The van der Waals surface area contributed by atoms with E-state index in [-0.39, 0.29) is 17.3 Å². The van der Waals surface area contributed by atoms with Gasteiger partial charge in [-0.2, -0.15) is 0 Å². The maximum absolute atomic E-state index is 13.7. The van der Waals surface area contributed by atoms with Gasteiger partial charge in [0, 0.05) is 39.2 Å². The lowest BCUT2D eigenvalue weighted by atomic mass is 10.1. The minimum absolute atomic E-state index is 0.0453. The van der Waals surface area contributed by atoms with Gasteiger partial charge >= 0.3 is 0 Å². The van der Waals surface area contributed by atoms with Crippen molar-refractivity contribution in [1.29, 1.82) is 0 Å². The topological polar surface area (TPSA) is 143 Å². The average molecular weight is 712 g/mol. The number of carbonyl (C=O) groups excluding carboxylic acids is 3. The Bertz CT molecular complexity index is 2190. The third-order valence-corrected chi connectivity index (χ3v) is 9.46. The summed E-state index contributed by atoms with van der Waals surface area (Å²) in [5.41, 5.74) is 3.55. The van der Waals surface area contributed by atoms with Gasteiger partial charge in [-0.15, -0.1) is 23.1 Å². The normalized spacial score (nSPS) is 11.6. The summed E-state index contributed by atoms with van der Waals surface area (Å²) in [7, 11) is 0. The van der Waals surface area contributed by atoms with Gasteiger partial charge in [-0.05, 0) is 53.6 Å². The first-order valence-electron chi connectivity index (χ1n) is 15.6. The van der Waals surface area contributed by atoms with Crippen LogP contribution in [0.1, 0.15) is 26.7 Å². The predicted molar refractivity (Wildman–Crippen MR) is 201 cm³/mol. The van der Waals surface area contributed by atoms with E-state index < -0.39 is 22.0 Å². The van der Waals surface area contributed by atoms with Crippen molar-refractivity contribution in [2.75, 3.05) is 10.6 Å². The molecule has 0 saturated carbocycles. The van der Waals surface area contributed by atoms with Crippen LogP contribution in [0.2, 0.25) is 0 Å². The summed E-state index contributed by atoms with van der Waals surface area (Å²) < 4.78 is 0. The number of nitrogens with one attached hydrogen (secondary N) is 3. The molecule has 0 radical (unpaired) electrons.